The minimum Gasteiger partial charge on any atom is -0.481 e. The molecule has 2 aromatic carbocycles. The van der Waals surface area contributed by atoms with Crippen LogP contribution in [0.2, 0.25) is 5.02 Å². The van der Waals surface area contributed by atoms with E-state index in [0.29, 0.717) is 59.6 Å². The number of aromatic nitrogens is 1. The first kappa shape index (κ1) is 33.4. The topological polar surface area (TPSA) is 116 Å². The number of halogens is 3. The second-order valence-corrected chi connectivity index (χ2v) is 12.9. The Labute approximate surface area is 269 Å². The van der Waals surface area contributed by atoms with Gasteiger partial charge >= 0.3 is 0 Å². The van der Waals surface area contributed by atoms with Gasteiger partial charge in [-0.2, -0.15) is 0 Å². The fourth-order valence-electron chi connectivity index (χ4n) is 6.39. The molecule has 2 aliphatic heterocycles. The summed E-state index contributed by atoms with van der Waals surface area (Å²) in [5, 5.41) is 9.58. The summed E-state index contributed by atoms with van der Waals surface area (Å²) >= 11 is 4.20. The van der Waals surface area contributed by atoms with E-state index >= 15 is 4.39 Å². The SMILES string of the molecule is CNC(C(=O)Nc1cccc(F)c1CCC1NCC(CCCS(=O)O)N2CC12)C(c1ccnc(OC)c1)c1ccc(Cl)c(F)c1. The van der Waals surface area contributed by atoms with Crippen molar-refractivity contribution in [2.24, 2.45) is 0 Å². The number of nitrogens with one attached hydrogen (secondary N) is 3. The molecule has 4 N–H and O–H groups in total. The molecular formula is C32H38ClF2N5O4S. The molecule has 0 spiro atoms. The maximum absolute atomic E-state index is 15.2. The highest BCUT2D eigenvalue weighted by atomic mass is 35.5. The zero-order valence-electron chi connectivity index (χ0n) is 25.1. The number of fused-ring (bicyclic) bond motifs is 1. The van der Waals surface area contributed by atoms with Crippen LogP contribution in [0.4, 0.5) is 14.5 Å². The van der Waals surface area contributed by atoms with Gasteiger partial charge in [-0.15, -0.1) is 0 Å². The van der Waals surface area contributed by atoms with Crippen LogP contribution in [0.25, 0.3) is 0 Å². The van der Waals surface area contributed by atoms with E-state index in [9.17, 15) is 13.4 Å². The quantitative estimate of drug-likeness (QED) is 0.149. The minimum absolute atomic E-state index is 0.0312. The molecule has 0 radical (unpaired) electrons. The summed E-state index contributed by atoms with van der Waals surface area (Å²) in [5.41, 5.74) is 1.98. The highest BCUT2D eigenvalue weighted by Crippen LogP contribution is 2.35. The molecule has 2 fully saturated rings. The lowest BCUT2D eigenvalue weighted by molar-refractivity contribution is -0.118. The molecule has 7 unspecified atom stereocenters. The van der Waals surface area contributed by atoms with Crippen molar-refractivity contribution < 1.29 is 27.1 Å². The number of hydrogen-bond donors (Lipinski definition) is 4. The number of anilines is 1. The lowest BCUT2D eigenvalue weighted by Crippen LogP contribution is -2.49. The van der Waals surface area contributed by atoms with Crippen LogP contribution in [0.3, 0.4) is 0 Å². The Morgan fingerprint density at radius 3 is 2.73 bits per heavy atom. The Morgan fingerprint density at radius 2 is 2.00 bits per heavy atom. The van der Waals surface area contributed by atoms with E-state index in [-0.39, 0.29) is 16.8 Å². The first-order valence-corrected chi connectivity index (χ1v) is 16.6. The fraction of sp³-hybridized carbons (Fsp3) is 0.438. The molecule has 1 aromatic heterocycles. The number of nitrogens with zero attached hydrogens (tertiary/aromatic N) is 2. The van der Waals surface area contributed by atoms with Crippen molar-refractivity contribution in [1.29, 1.82) is 0 Å². The number of carbonyl (C=O) groups is 1. The van der Waals surface area contributed by atoms with Crippen LogP contribution in [0.15, 0.2) is 54.7 Å². The van der Waals surface area contributed by atoms with Crippen LogP contribution < -0.4 is 20.7 Å². The van der Waals surface area contributed by atoms with Crippen LogP contribution in [-0.2, 0) is 22.3 Å². The predicted molar refractivity (Wildman–Crippen MR) is 171 cm³/mol. The van der Waals surface area contributed by atoms with Gasteiger partial charge in [-0.3, -0.25) is 9.69 Å². The molecule has 5 rings (SSSR count). The third kappa shape index (κ3) is 8.05. The first-order chi connectivity index (χ1) is 21.7. The average Bonchev–Trinajstić information content (AvgIpc) is 3.83. The minimum atomic E-state index is -1.77. The molecule has 0 saturated carbocycles. The van der Waals surface area contributed by atoms with E-state index < -0.39 is 40.6 Å². The largest absolute Gasteiger partial charge is 0.481 e. The van der Waals surface area contributed by atoms with Gasteiger partial charge in [-0.1, -0.05) is 23.7 Å². The van der Waals surface area contributed by atoms with Gasteiger partial charge in [0, 0.05) is 66.4 Å². The Hall–Kier alpha value is -3.00. The number of methoxy groups -OCH3 is 1. The standard InChI is InChI=1S/C32H38ClF2N5O4S/c1-36-31(30(19-8-10-23(33)25(35)15-19)20-12-13-37-29(16-20)44-2)32(41)39-26-7-3-6-24(34)22(26)9-11-27-28-18-40(28)21(17-38-27)5-4-14-45(42)43/h3,6-8,10,12-13,15-16,21,27-28,30-31,36,38H,4-5,9,11,14,17-18H2,1-2H3,(H,39,41)(H,42,43). The molecule has 3 aromatic rings. The summed E-state index contributed by atoms with van der Waals surface area (Å²) in [7, 11) is 3.13. The van der Waals surface area contributed by atoms with Crippen LogP contribution in [0.5, 0.6) is 5.88 Å². The number of benzene rings is 2. The number of pyridine rings is 1. The molecule has 0 bridgehead atoms. The zero-order chi connectivity index (χ0) is 32.1. The van der Waals surface area contributed by atoms with Gasteiger partial charge in [0.25, 0.3) is 0 Å². The monoisotopic (exact) mass is 661 g/mol. The Balaban J connectivity index is 1.31. The van der Waals surface area contributed by atoms with Crippen molar-refractivity contribution in [2.75, 3.05) is 38.3 Å². The molecule has 7 atom stereocenters. The summed E-state index contributed by atoms with van der Waals surface area (Å²) in [6.07, 6.45) is 4.20. The predicted octanol–water partition coefficient (Wildman–Crippen LogP) is 4.34. The van der Waals surface area contributed by atoms with Gasteiger partial charge in [0.1, 0.15) is 11.6 Å². The Kier molecular flexibility index (Phi) is 11.2. The van der Waals surface area contributed by atoms with E-state index in [1.54, 1.807) is 43.6 Å². The molecule has 1 amide bonds. The molecule has 242 valence electrons. The normalized spacial score (nSPS) is 22.6. The summed E-state index contributed by atoms with van der Waals surface area (Å²) < 4.78 is 55.2. The van der Waals surface area contributed by atoms with Crippen LogP contribution >= 0.6 is 11.6 Å². The third-order valence-corrected chi connectivity index (χ3v) is 9.68. The van der Waals surface area contributed by atoms with E-state index in [2.05, 4.69) is 25.8 Å². The van der Waals surface area contributed by atoms with E-state index in [1.165, 1.54) is 25.3 Å². The van der Waals surface area contributed by atoms with E-state index in [1.807, 2.05) is 0 Å². The van der Waals surface area contributed by atoms with Crippen LogP contribution in [0.1, 0.15) is 41.9 Å². The molecule has 13 heteroatoms. The molecule has 9 nitrogen and oxygen atoms in total. The lowest BCUT2D eigenvalue weighted by Gasteiger charge is -2.31. The number of carbonyl (C=O) groups excluding carboxylic acids is 1. The number of amides is 1. The highest BCUT2D eigenvalue weighted by molar-refractivity contribution is 7.79. The number of ether oxygens (including phenoxy) is 1. The number of piperazine rings is 1. The Bertz CT molecular complexity index is 1530. The van der Waals surface area contributed by atoms with Gasteiger partial charge in [0.15, 0.2) is 11.1 Å². The highest BCUT2D eigenvalue weighted by Gasteiger charge is 2.47. The zero-order valence-corrected chi connectivity index (χ0v) is 26.7. The van der Waals surface area contributed by atoms with Gasteiger partial charge in [-0.25, -0.2) is 18.0 Å². The molecule has 2 saturated heterocycles. The van der Waals surface area contributed by atoms with Gasteiger partial charge < -0.3 is 25.2 Å². The number of likely N-dealkylation sites (N-methyl/N-ethyl adjacent to an activating group) is 1. The summed E-state index contributed by atoms with van der Waals surface area (Å²) in [6, 6.07) is 12.5. The maximum Gasteiger partial charge on any atom is 0.242 e. The maximum atomic E-state index is 15.2. The van der Waals surface area contributed by atoms with Gasteiger partial charge in [-0.05, 0) is 74.2 Å². The lowest BCUT2D eigenvalue weighted by atomic mass is 9.84. The molecular weight excluding hydrogens is 624 g/mol. The molecule has 2 aliphatic rings. The van der Waals surface area contributed by atoms with E-state index in [4.69, 9.17) is 20.9 Å². The van der Waals surface area contributed by atoms with Crippen molar-refractivity contribution >= 4 is 34.3 Å². The molecule has 3 heterocycles. The number of rotatable bonds is 14. The van der Waals surface area contributed by atoms with Crippen LogP contribution in [0, 0.1) is 11.6 Å². The van der Waals surface area contributed by atoms with Crippen molar-refractivity contribution in [3.63, 3.8) is 0 Å². The van der Waals surface area contributed by atoms with Crippen molar-refractivity contribution in [3.05, 3.63) is 88.1 Å². The summed E-state index contributed by atoms with van der Waals surface area (Å²) in [6.45, 7) is 1.72. The second-order valence-electron chi connectivity index (χ2n) is 11.4. The molecule has 0 aliphatic carbocycles. The molecule has 45 heavy (non-hydrogen) atoms. The van der Waals surface area contributed by atoms with E-state index in [0.717, 1.165) is 19.5 Å². The smallest absolute Gasteiger partial charge is 0.242 e. The third-order valence-electron chi connectivity index (χ3n) is 8.73. The second kappa shape index (κ2) is 15.1. The van der Waals surface area contributed by atoms with Crippen LogP contribution in [-0.4, -0.2) is 81.7 Å². The fourth-order valence-corrected chi connectivity index (χ4v) is 6.93. The van der Waals surface area contributed by atoms with Crippen molar-refractivity contribution in [2.45, 2.75) is 55.8 Å². The number of hydrogen-bond acceptors (Lipinski definition) is 7. The van der Waals surface area contributed by atoms with Crippen molar-refractivity contribution in [3.8, 4) is 5.88 Å². The van der Waals surface area contributed by atoms with Crippen molar-refractivity contribution in [1.82, 2.24) is 20.5 Å². The van der Waals surface area contributed by atoms with Gasteiger partial charge in [0.2, 0.25) is 11.8 Å². The first-order valence-electron chi connectivity index (χ1n) is 15.0. The summed E-state index contributed by atoms with van der Waals surface area (Å²) in [5.74, 6) is -1.47. The Morgan fingerprint density at radius 1 is 1.20 bits per heavy atom. The summed E-state index contributed by atoms with van der Waals surface area (Å²) in [4.78, 5) is 20.5. The average molecular weight is 662 g/mol. The van der Waals surface area contributed by atoms with Gasteiger partial charge in [0.05, 0.1) is 18.2 Å².